The third-order valence-electron chi connectivity index (χ3n) is 2.89. The SMILES string of the molecule is COC(=O)c1ccc(OC[C@@H]2C[C@H](F)CN2)cc1. The molecule has 0 aromatic heterocycles. The number of rotatable bonds is 4. The molecule has 0 amide bonds. The number of hydrogen-bond donors (Lipinski definition) is 1. The molecule has 1 N–H and O–H groups in total. The van der Waals surface area contributed by atoms with Crippen molar-refractivity contribution in [3.8, 4) is 5.75 Å². The number of carbonyl (C=O) groups is 1. The fourth-order valence-electron chi connectivity index (χ4n) is 1.90. The van der Waals surface area contributed by atoms with E-state index in [9.17, 15) is 9.18 Å². The summed E-state index contributed by atoms with van der Waals surface area (Å²) in [5.41, 5.74) is 0.479. The van der Waals surface area contributed by atoms with Crippen molar-refractivity contribution < 1.29 is 18.7 Å². The number of benzene rings is 1. The number of esters is 1. The van der Waals surface area contributed by atoms with Crippen molar-refractivity contribution in [2.45, 2.75) is 18.6 Å². The van der Waals surface area contributed by atoms with Gasteiger partial charge in [-0.25, -0.2) is 9.18 Å². The number of methoxy groups -OCH3 is 1. The second-order valence-corrected chi connectivity index (χ2v) is 4.27. The number of ether oxygens (including phenoxy) is 2. The van der Waals surface area contributed by atoms with E-state index in [1.165, 1.54) is 7.11 Å². The van der Waals surface area contributed by atoms with Crippen molar-refractivity contribution in [2.75, 3.05) is 20.3 Å². The molecule has 1 aromatic rings. The Kier molecular flexibility index (Phi) is 4.15. The summed E-state index contributed by atoms with van der Waals surface area (Å²) >= 11 is 0. The Bertz CT molecular complexity index is 407. The molecule has 2 atom stereocenters. The van der Waals surface area contributed by atoms with Gasteiger partial charge in [-0.15, -0.1) is 0 Å². The maximum atomic E-state index is 12.9. The summed E-state index contributed by atoms with van der Waals surface area (Å²) in [6, 6.07) is 6.74. The molecule has 0 bridgehead atoms. The standard InChI is InChI=1S/C13H16FNO3/c1-17-13(16)9-2-4-12(5-3-9)18-8-11-6-10(14)7-15-11/h2-5,10-11,15H,6-8H2,1H3/t10-,11-/m0/s1. The first-order chi connectivity index (χ1) is 8.69. The van der Waals surface area contributed by atoms with Crippen LogP contribution in [0.25, 0.3) is 0 Å². The first kappa shape index (κ1) is 12.8. The first-order valence-electron chi connectivity index (χ1n) is 5.87. The van der Waals surface area contributed by atoms with Gasteiger partial charge in [0.1, 0.15) is 18.5 Å². The van der Waals surface area contributed by atoms with Crippen LogP contribution in [0.5, 0.6) is 5.75 Å². The Morgan fingerprint density at radius 2 is 2.17 bits per heavy atom. The molecule has 98 valence electrons. The lowest BCUT2D eigenvalue weighted by atomic mass is 10.2. The molecule has 1 fully saturated rings. The monoisotopic (exact) mass is 253 g/mol. The Labute approximate surface area is 105 Å². The fourth-order valence-corrected chi connectivity index (χ4v) is 1.90. The Morgan fingerprint density at radius 1 is 1.44 bits per heavy atom. The van der Waals surface area contributed by atoms with E-state index in [0.29, 0.717) is 30.9 Å². The molecule has 0 aliphatic carbocycles. The molecule has 4 nitrogen and oxygen atoms in total. The summed E-state index contributed by atoms with van der Waals surface area (Å²) in [4.78, 5) is 11.2. The van der Waals surface area contributed by atoms with Gasteiger partial charge in [0.25, 0.3) is 0 Å². The molecular formula is C13H16FNO3. The van der Waals surface area contributed by atoms with Crippen LogP contribution >= 0.6 is 0 Å². The Hall–Kier alpha value is -1.62. The number of hydrogen-bond acceptors (Lipinski definition) is 4. The van der Waals surface area contributed by atoms with Gasteiger partial charge in [0, 0.05) is 12.6 Å². The van der Waals surface area contributed by atoms with Crippen molar-refractivity contribution >= 4 is 5.97 Å². The summed E-state index contributed by atoms with van der Waals surface area (Å²) < 4.78 is 23.0. The molecule has 1 saturated heterocycles. The highest BCUT2D eigenvalue weighted by molar-refractivity contribution is 5.89. The molecule has 1 heterocycles. The van der Waals surface area contributed by atoms with Crippen LogP contribution in [0, 0.1) is 0 Å². The summed E-state index contributed by atoms with van der Waals surface area (Å²) in [6.07, 6.45) is -0.291. The van der Waals surface area contributed by atoms with Crippen LogP contribution in [-0.4, -0.2) is 38.4 Å². The first-order valence-corrected chi connectivity index (χ1v) is 5.87. The second-order valence-electron chi connectivity index (χ2n) is 4.27. The average Bonchev–Trinajstić information content (AvgIpc) is 2.82. The fraction of sp³-hybridized carbons (Fsp3) is 0.462. The van der Waals surface area contributed by atoms with Gasteiger partial charge in [0.2, 0.25) is 0 Å². The van der Waals surface area contributed by atoms with Crippen molar-refractivity contribution in [2.24, 2.45) is 0 Å². The van der Waals surface area contributed by atoms with Gasteiger partial charge in [0.15, 0.2) is 0 Å². The quantitative estimate of drug-likeness (QED) is 0.827. The van der Waals surface area contributed by atoms with Crippen LogP contribution in [0.4, 0.5) is 4.39 Å². The van der Waals surface area contributed by atoms with Crippen molar-refractivity contribution in [1.82, 2.24) is 5.32 Å². The smallest absolute Gasteiger partial charge is 0.337 e. The molecule has 0 unspecified atom stereocenters. The van der Waals surface area contributed by atoms with E-state index in [1.54, 1.807) is 24.3 Å². The van der Waals surface area contributed by atoms with Gasteiger partial charge in [-0.3, -0.25) is 0 Å². The zero-order valence-corrected chi connectivity index (χ0v) is 10.2. The van der Waals surface area contributed by atoms with E-state index in [0.717, 1.165) is 0 Å². The van der Waals surface area contributed by atoms with Gasteiger partial charge in [-0.2, -0.15) is 0 Å². The van der Waals surface area contributed by atoms with Crippen LogP contribution in [-0.2, 0) is 4.74 Å². The van der Waals surface area contributed by atoms with E-state index in [4.69, 9.17) is 4.74 Å². The van der Waals surface area contributed by atoms with Crippen molar-refractivity contribution in [3.63, 3.8) is 0 Å². The minimum Gasteiger partial charge on any atom is -0.492 e. The topological polar surface area (TPSA) is 47.6 Å². The largest absolute Gasteiger partial charge is 0.492 e. The molecule has 5 heteroatoms. The van der Waals surface area contributed by atoms with Gasteiger partial charge in [-0.05, 0) is 30.7 Å². The van der Waals surface area contributed by atoms with Crippen LogP contribution < -0.4 is 10.1 Å². The summed E-state index contributed by atoms with van der Waals surface area (Å²) in [5, 5.41) is 3.04. The van der Waals surface area contributed by atoms with E-state index < -0.39 is 6.17 Å². The number of halogens is 1. The third-order valence-corrected chi connectivity index (χ3v) is 2.89. The molecular weight excluding hydrogens is 237 g/mol. The van der Waals surface area contributed by atoms with Gasteiger partial charge < -0.3 is 14.8 Å². The minimum atomic E-state index is -0.777. The molecule has 0 radical (unpaired) electrons. The van der Waals surface area contributed by atoms with Crippen LogP contribution in [0.2, 0.25) is 0 Å². The highest BCUT2D eigenvalue weighted by Crippen LogP contribution is 2.15. The summed E-state index contributed by atoms with van der Waals surface area (Å²) in [6.45, 7) is 0.827. The Morgan fingerprint density at radius 3 is 2.72 bits per heavy atom. The van der Waals surface area contributed by atoms with E-state index >= 15 is 0 Å². The normalized spacial score (nSPS) is 22.8. The predicted molar refractivity (Wildman–Crippen MR) is 64.6 cm³/mol. The molecule has 1 aromatic carbocycles. The lowest BCUT2D eigenvalue weighted by Crippen LogP contribution is -2.28. The highest BCUT2D eigenvalue weighted by Gasteiger charge is 2.23. The van der Waals surface area contributed by atoms with Gasteiger partial charge in [-0.1, -0.05) is 0 Å². The van der Waals surface area contributed by atoms with E-state index in [1.807, 2.05) is 0 Å². The molecule has 1 aliphatic heterocycles. The van der Waals surface area contributed by atoms with E-state index in [-0.39, 0.29) is 12.0 Å². The summed E-state index contributed by atoms with van der Waals surface area (Å²) in [7, 11) is 1.34. The van der Waals surface area contributed by atoms with Gasteiger partial charge >= 0.3 is 5.97 Å². The summed E-state index contributed by atoms with van der Waals surface area (Å²) in [5.74, 6) is 0.283. The molecule has 1 aliphatic rings. The molecule has 18 heavy (non-hydrogen) atoms. The van der Waals surface area contributed by atoms with E-state index in [2.05, 4.69) is 10.1 Å². The van der Waals surface area contributed by atoms with Crippen LogP contribution in [0.15, 0.2) is 24.3 Å². The number of alkyl halides is 1. The number of carbonyl (C=O) groups excluding carboxylic acids is 1. The molecule has 0 saturated carbocycles. The maximum absolute atomic E-state index is 12.9. The van der Waals surface area contributed by atoms with Crippen molar-refractivity contribution in [1.29, 1.82) is 0 Å². The maximum Gasteiger partial charge on any atom is 0.337 e. The Balaban J connectivity index is 1.85. The van der Waals surface area contributed by atoms with Crippen LogP contribution in [0.1, 0.15) is 16.8 Å². The third kappa shape index (κ3) is 3.20. The minimum absolute atomic E-state index is 0.0558. The average molecular weight is 253 g/mol. The highest BCUT2D eigenvalue weighted by atomic mass is 19.1. The predicted octanol–water partition coefficient (Wildman–Crippen LogP) is 1.55. The zero-order valence-electron chi connectivity index (χ0n) is 10.2. The molecule has 2 rings (SSSR count). The molecule has 0 spiro atoms. The van der Waals surface area contributed by atoms with Gasteiger partial charge in [0.05, 0.1) is 12.7 Å². The number of nitrogens with one attached hydrogen (secondary N) is 1. The lowest BCUT2D eigenvalue weighted by molar-refractivity contribution is 0.0600. The zero-order chi connectivity index (χ0) is 13.0. The lowest BCUT2D eigenvalue weighted by Gasteiger charge is -2.12. The van der Waals surface area contributed by atoms with Crippen molar-refractivity contribution in [3.05, 3.63) is 29.8 Å². The van der Waals surface area contributed by atoms with Crippen LogP contribution in [0.3, 0.4) is 0 Å². The second kappa shape index (κ2) is 5.82.